The van der Waals surface area contributed by atoms with Crippen molar-refractivity contribution in [2.24, 2.45) is 0 Å². The standard InChI is InChI=1S/C17H18N2O4S/c1-10(20)12-9-24-16(18-12)19-14(21)8-22-13-6-4-5-11-7-17(2,3)23-15(11)13/h4-6,9H,7-8H2,1-3H3,(H,18,19,21). The van der Waals surface area contributed by atoms with Crippen molar-refractivity contribution in [3.63, 3.8) is 0 Å². The van der Waals surface area contributed by atoms with E-state index in [9.17, 15) is 9.59 Å². The van der Waals surface area contributed by atoms with Gasteiger partial charge in [0.1, 0.15) is 11.3 Å². The quantitative estimate of drug-likeness (QED) is 0.842. The third-order valence-corrected chi connectivity index (χ3v) is 4.28. The summed E-state index contributed by atoms with van der Waals surface area (Å²) in [5, 5.41) is 4.61. The van der Waals surface area contributed by atoms with Gasteiger partial charge < -0.3 is 9.47 Å². The maximum atomic E-state index is 12.0. The average molecular weight is 346 g/mol. The molecule has 0 saturated heterocycles. The van der Waals surface area contributed by atoms with Gasteiger partial charge in [-0.2, -0.15) is 0 Å². The lowest BCUT2D eigenvalue weighted by Gasteiger charge is -2.18. The molecule has 7 heteroatoms. The lowest BCUT2D eigenvalue weighted by Crippen LogP contribution is -2.25. The number of Topliss-reactive ketones (excluding diaryl/α,β-unsaturated/α-hetero) is 1. The van der Waals surface area contributed by atoms with Crippen molar-refractivity contribution in [3.8, 4) is 11.5 Å². The number of ether oxygens (including phenoxy) is 2. The van der Waals surface area contributed by atoms with Crippen molar-refractivity contribution in [2.75, 3.05) is 11.9 Å². The molecule has 0 saturated carbocycles. The van der Waals surface area contributed by atoms with Crippen LogP contribution in [0.5, 0.6) is 11.5 Å². The molecule has 1 aromatic heterocycles. The molecule has 1 aliphatic rings. The molecule has 0 spiro atoms. The van der Waals surface area contributed by atoms with Gasteiger partial charge in [0.25, 0.3) is 5.91 Å². The SMILES string of the molecule is CC(=O)c1csc(NC(=O)COc2cccc3c2OC(C)(C)C3)n1. The molecule has 126 valence electrons. The van der Waals surface area contributed by atoms with E-state index in [2.05, 4.69) is 10.3 Å². The second kappa shape index (κ2) is 6.24. The number of aromatic nitrogens is 1. The van der Waals surface area contributed by atoms with Gasteiger partial charge in [0.2, 0.25) is 0 Å². The summed E-state index contributed by atoms with van der Waals surface area (Å²) in [5.41, 5.74) is 1.14. The topological polar surface area (TPSA) is 77.5 Å². The Morgan fingerprint density at radius 2 is 2.21 bits per heavy atom. The molecule has 1 aliphatic heterocycles. The van der Waals surface area contributed by atoms with Crippen LogP contribution in [0.15, 0.2) is 23.6 Å². The monoisotopic (exact) mass is 346 g/mol. The summed E-state index contributed by atoms with van der Waals surface area (Å²) in [7, 11) is 0. The number of anilines is 1. The Morgan fingerprint density at radius 3 is 2.92 bits per heavy atom. The first-order valence-electron chi connectivity index (χ1n) is 7.54. The van der Waals surface area contributed by atoms with E-state index in [0.717, 1.165) is 12.0 Å². The zero-order valence-corrected chi connectivity index (χ0v) is 14.5. The minimum absolute atomic E-state index is 0.136. The number of fused-ring (bicyclic) bond motifs is 1. The molecule has 2 heterocycles. The maximum Gasteiger partial charge on any atom is 0.264 e. The molecule has 1 amide bonds. The third-order valence-electron chi connectivity index (χ3n) is 3.52. The van der Waals surface area contributed by atoms with Crippen molar-refractivity contribution in [2.45, 2.75) is 32.8 Å². The van der Waals surface area contributed by atoms with Crippen LogP contribution < -0.4 is 14.8 Å². The number of thiazole rings is 1. The molecule has 0 fully saturated rings. The molecule has 0 unspecified atom stereocenters. The average Bonchev–Trinajstić information content (AvgIpc) is 3.07. The Hall–Kier alpha value is -2.41. The maximum absolute atomic E-state index is 12.0. The molecule has 0 aliphatic carbocycles. The lowest BCUT2D eigenvalue weighted by atomic mass is 10.0. The normalized spacial score (nSPS) is 14.6. The van der Waals surface area contributed by atoms with Gasteiger partial charge in [0.05, 0.1) is 0 Å². The van der Waals surface area contributed by atoms with Crippen molar-refractivity contribution in [1.82, 2.24) is 4.98 Å². The van der Waals surface area contributed by atoms with Gasteiger partial charge in [-0.05, 0) is 19.9 Å². The third kappa shape index (κ3) is 3.56. The molecule has 1 aromatic carbocycles. The van der Waals surface area contributed by atoms with Crippen molar-refractivity contribution in [1.29, 1.82) is 0 Å². The van der Waals surface area contributed by atoms with Crippen LogP contribution in [-0.2, 0) is 11.2 Å². The smallest absolute Gasteiger partial charge is 0.264 e. The number of hydrogen-bond donors (Lipinski definition) is 1. The molecule has 2 aromatic rings. The first-order chi connectivity index (χ1) is 11.3. The van der Waals surface area contributed by atoms with Crippen LogP contribution in [0, 0.1) is 0 Å². The summed E-state index contributed by atoms with van der Waals surface area (Å²) < 4.78 is 11.5. The summed E-state index contributed by atoms with van der Waals surface area (Å²) in [6.07, 6.45) is 0.804. The Morgan fingerprint density at radius 1 is 1.42 bits per heavy atom. The van der Waals surface area contributed by atoms with E-state index in [1.807, 2.05) is 26.0 Å². The van der Waals surface area contributed by atoms with E-state index in [1.54, 1.807) is 11.4 Å². The fourth-order valence-corrected chi connectivity index (χ4v) is 3.26. The van der Waals surface area contributed by atoms with Crippen LogP contribution in [0.2, 0.25) is 0 Å². The Labute approximate surface area is 143 Å². The predicted molar refractivity (Wildman–Crippen MR) is 91.1 cm³/mol. The molecule has 3 rings (SSSR count). The van der Waals surface area contributed by atoms with Crippen LogP contribution in [0.3, 0.4) is 0 Å². The number of benzene rings is 1. The van der Waals surface area contributed by atoms with Crippen molar-refractivity contribution < 1.29 is 19.1 Å². The van der Waals surface area contributed by atoms with Gasteiger partial charge in [-0.3, -0.25) is 14.9 Å². The highest BCUT2D eigenvalue weighted by atomic mass is 32.1. The van der Waals surface area contributed by atoms with Crippen LogP contribution in [-0.4, -0.2) is 28.9 Å². The number of carbonyl (C=O) groups excluding carboxylic acids is 2. The van der Waals surface area contributed by atoms with Crippen LogP contribution in [0.4, 0.5) is 5.13 Å². The number of ketones is 1. The van der Waals surface area contributed by atoms with Gasteiger partial charge in [0.15, 0.2) is 29.0 Å². The number of rotatable bonds is 5. The molecule has 0 radical (unpaired) electrons. The first-order valence-corrected chi connectivity index (χ1v) is 8.42. The second-order valence-electron chi connectivity index (χ2n) is 6.21. The Bertz CT molecular complexity index is 798. The molecule has 24 heavy (non-hydrogen) atoms. The highest BCUT2D eigenvalue weighted by molar-refractivity contribution is 7.14. The van der Waals surface area contributed by atoms with E-state index in [4.69, 9.17) is 9.47 Å². The summed E-state index contributed by atoms with van der Waals surface area (Å²) in [5.74, 6) is 0.775. The van der Waals surface area contributed by atoms with Gasteiger partial charge in [0, 0.05) is 24.3 Å². The fraction of sp³-hybridized carbons (Fsp3) is 0.353. The zero-order chi connectivity index (χ0) is 17.3. The number of nitrogens with one attached hydrogen (secondary N) is 1. The van der Waals surface area contributed by atoms with Crippen LogP contribution in [0.1, 0.15) is 36.8 Å². The van der Waals surface area contributed by atoms with Crippen LogP contribution >= 0.6 is 11.3 Å². The zero-order valence-electron chi connectivity index (χ0n) is 13.7. The largest absolute Gasteiger partial charge is 0.483 e. The number of hydrogen-bond acceptors (Lipinski definition) is 6. The van der Waals surface area contributed by atoms with Crippen LogP contribution in [0.25, 0.3) is 0 Å². The summed E-state index contributed by atoms with van der Waals surface area (Å²) in [4.78, 5) is 27.2. The minimum atomic E-state index is -0.339. The molecular weight excluding hydrogens is 328 g/mol. The number of amides is 1. The molecule has 0 bridgehead atoms. The summed E-state index contributed by atoms with van der Waals surface area (Å²) >= 11 is 1.20. The Balaban J connectivity index is 1.61. The molecule has 1 N–H and O–H groups in total. The Kier molecular flexibility index (Phi) is 4.28. The van der Waals surface area contributed by atoms with Gasteiger partial charge in [-0.15, -0.1) is 11.3 Å². The highest BCUT2D eigenvalue weighted by Gasteiger charge is 2.32. The summed E-state index contributed by atoms with van der Waals surface area (Å²) in [6.45, 7) is 5.30. The van der Waals surface area contributed by atoms with Gasteiger partial charge >= 0.3 is 0 Å². The van der Waals surface area contributed by atoms with E-state index in [1.165, 1.54) is 18.3 Å². The van der Waals surface area contributed by atoms with Gasteiger partial charge in [-0.1, -0.05) is 12.1 Å². The van der Waals surface area contributed by atoms with E-state index in [0.29, 0.717) is 22.3 Å². The minimum Gasteiger partial charge on any atom is -0.483 e. The molecule has 0 atom stereocenters. The second-order valence-corrected chi connectivity index (χ2v) is 7.07. The van der Waals surface area contributed by atoms with Gasteiger partial charge in [-0.25, -0.2) is 4.98 Å². The fourth-order valence-electron chi connectivity index (χ4n) is 2.49. The van der Waals surface area contributed by atoms with E-state index >= 15 is 0 Å². The van der Waals surface area contributed by atoms with E-state index in [-0.39, 0.29) is 23.9 Å². The van der Waals surface area contributed by atoms with E-state index < -0.39 is 0 Å². The number of carbonyl (C=O) groups is 2. The predicted octanol–water partition coefficient (Wildman–Crippen LogP) is 3.08. The first kappa shape index (κ1) is 16.4. The van der Waals surface area contributed by atoms with Crippen molar-refractivity contribution in [3.05, 3.63) is 34.8 Å². The number of nitrogens with zero attached hydrogens (tertiary/aromatic N) is 1. The van der Waals surface area contributed by atoms with Crippen molar-refractivity contribution >= 4 is 28.2 Å². The number of para-hydroxylation sites is 1. The molecule has 6 nitrogen and oxygen atoms in total. The molecular formula is C17H18N2O4S. The lowest BCUT2D eigenvalue weighted by molar-refractivity contribution is -0.118. The highest BCUT2D eigenvalue weighted by Crippen LogP contribution is 2.41. The summed E-state index contributed by atoms with van der Waals surface area (Å²) in [6, 6.07) is 5.66.